The molecule has 0 spiro atoms. The molecule has 0 aliphatic carbocycles. The van der Waals surface area contributed by atoms with Gasteiger partial charge in [-0.2, -0.15) is 13.2 Å². The first-order valence-corrected chi connectivity index (χ1v) is 10.5. The zero-order chi connectivity index (χ0) is 24.5. The second-order valence-electron chi connectivity index (χ2n) is 7.99. The summed E-state index contributed by atoms with van der Waals surface area (Å²) in [7, 11) is 1.31. The van der Waals surface area contributed by atoms with E-state index in [4.69, 9.17) is 18.9 Å². The molecule has 0 aromatic heterocycles. The number of carbonyl (C=O) groups is 1. The molecule has 6 nitrogen and oxygen atoms in total. The summed E-state index contributed by atoms with van der Waals surface area (Å²) in [5.41, 5.74) is -0.941. The number of benzene rings is 2. The minimum Gasteiger partial charge on any atom is -0.493 e. The first-order chi connectivity index (χ1) is 16.1. The van der Waals surface area contributed by atoms with Crippen LogP contribution < -0.4 is 9.47 Å². The fourth-order valence-electron chi connectivity index (χ4n) is 4.25. The zero-order valence-corrected chi connectivity index (χ0v) is 18.2. The van der Waals surface area contributed by atoms with E-state index < -0.39 is 42.5 Å². The molecule has 2 atom stereocenters. The third-order valence-electron chi connectivity index (χ3n) is 5.99. The average Bonchev–Trinajstić information content (AvgIpc) is 3.23. The van der Waals surface area contributed by atoms with Gasteiger partial charge in [0.1, 0.15) is 18.5 Å². The predicted molar refractivity (Wildman–Crippen MR) is 109 cm³/mol. The maximum Gasteiger partial charge on any atom is 0.392 e. The van der Waals surface area contributed by atoms with E-state index in [1.54, 1.807) is 0 Å². The number of ether oxygens (including phenoxy) is 4. The summed E-state index contributed by atoms with van der Waals surface area (Å²) in [6.07, 6.45) is -6.01. The molecule has 0 bridgehead atoms. The van der Waals surface area contributed by atoms with Crippen LogP contribution in [0.15, 0.2) is 36.4 Å². The summed E-state index contributed by atoms with van der Waals surface area (Å²) in [6, 6.07) is 8.03. The van der Waals surface area contributed by atoms with E-state index in [1.807, 2.05) is 0 Å². The van der Waals surface area contributed by atoms with Gasteiger partial charge in [0.05, 0.1) is 26.7 Å². The number of methoxy groups -OCH3 is 1. The molecule has 184 valence electrons. The molecule has 0 saturated carbocycles. The van der Waals surface area contributed by atoms with Crippen LogP contribution in [-0.4, -0.2) is 56.7 Å². The number of piperidine rings is 1. The van der Waals surface area contributed by atoms with Crippen molar-refractivity contribution in [3.63, 3.8) is 0 Å². The van der Waals surface area contributed by atoms with Crippen LogP contribution in [-0.2, 0) is 15.1 Å². The minimum absolute atomic E-state index is 0.0455. The van der Waals surface area contributed by atoms with E-state index in [0.29, 0.717) is 0 Å². The van der Waals surface area contributed by atoms with Gasteiger partial charge in [0, 0.05) is 24.1 Å². The van der Waals surface area contributed by atoms with Crippen LogP contribution in [0, 0.1) is 11.6 Å². The molecule has 4 rings (SSSR count). The second-order valence-corrected chi connectivity index (χ2v) is 7.99. The SMILES string of the molecule is COc1cc(C(=O)N2CC[C@]3(c4cccc(F)c4F)OCO[C@@H]3C2)ccc1OCCC(F)(F)F. The Balaban J connectivity index is 1.49. The van der Waals surface area contributed by atoms with E-state index in [-0.39, 0.29) is 54.8 Å². The number of hydrogen-bond donors (Lipinski definition) is 0. The fourth-order valence-corrected chi connectivity index (χ4v) is 4.25. The molecule has 2 aromatic rings. The highest BCUT2D eigenvalue weighted by Crippen LogP contribution is 2.44. The van der Waals surface area contributed by atoms with Crippen LogP contribution in [0.1, 0.15) is 28.8 Å². The van der Waals surface area contributed by atoms with Gasteiger partial charge >= 0.3 is 6.18 Å². The van der Waals surface area contributed by atoms with Crippen molar-refractivity contribution in [1.82, 2.24) is 4.90 Å². The molecule has 2 heterocycles. The van der Waals surface area contributed by atoms with Crippen LogP contribution >= 0.6 is 0 Å². The Kier molecular flexibility index (Phi) is 6.68. The molecule has 2 aliphatic rings. The van der Waals surface area contributed by atoms with Crippen molar-refractivity contribution >= 4 is 5.91 Å². The van der Waals surface area contributed by atoms with E-state index >= 15 is 0 Å². The lowest BCUT2D eigenvalue weighted by Gasteiger charge is -2.42. The molecule has 2 saturated heterocycles. The van der Waals surface area contributed by atoms with Gasteiger partial charge in [-0.1, -0.05) is 12.1 Å². The third-order valence-corrected chi connectivity index (χ3v) is 5.99. The molecule has 0 unspecified atom stereocenters. The van der Waals surface area contributed by atoms with E-state index in [9.17, 15) is 26.7 Å². The lowest BCUT2D eigenvalue weighted by molar-refractivity contribution is -0.139. The van der Waals surface area contributed by atoms with Crippen molar-refractivity contribution in [1.29, 1.82) is 0 Å². The number of carbonyl (C=O) groups excluding carboxylic acids is 1. The summed E-state index contributed by atoms with van der Waals surface area (Å²) < 4.78 is 87.2. The zero-order valence-electron chi connectivity index (χ0n) is 18.2. The molecule has 1 amide bonds. The number of nitrogens with zero attached hydrogens (tertiary/aromatic N) is 1. The quantitative estimate of drug-likeness (QED) is 0.565. The monoisotopic (exact) mass is 487 g/mol. The van der Waals surface area contributed by atoms with Gasteiger partial charge in [0.25, 0.3) is 5.91 Å². The van der Waals surface area contributed by atoms with E-state index in [2.05, 4.69) is 0 Å². The van der Waals surface area contributed by atoms with Crippen LogP contribution in [0.5, 0.6) is 11.5 Å². The Labute approximate surface area is 192 Å². The number of alkyl halides is 3. The average molecular weight is 487 g/mol. The Bertz CT molecular complexity index is 1060. The highest BCUT2D eigenvalue weighted by molar-refractivity contribution is 5.95. The lowest BCUT2D eigenvalue weighted by atomic mass is 9.81. The standard InChI is InChI=1S/C23H22F5NO5/c1-31-18-11-14(5-6-17(18)32-10-8-23(26,27)28)21(30)29-9-7-22(19(12-29)33-13-34-22)15-3-2-4-16(24)20(15)25/h2-6,11,19H,7-10,12-13H2,1H3/t19-,22-/m1/s1. The van der Waals surface area contributed by atoms with Gasteiger partial charge in [-0.05, 0) is 24.3 Å². The smallest absolute Gasteiger partial charge is 0.392 e. The Hall–Kier alpha value is -2.92. The van der Waals surface area contributed by atoms with E-state index in [1.165, 1.54) is 42.3 Å². The summed E-state index contributed by atoms with van der Waals surface area (Å²) in [5, 5.41) is 0. The Morgan fingerprint density at radius 3 is 2.74 bits per heavy atom. The number of halogens is 5. The van der Waals surface area contributed by atoms with Gasteiger partial charge in [0.2, 0.25) is 0 Å². The van der Waals surface area contributed by atoms with Crippen molar-refractivity contribution in [2.75, 3.05) is 33.6 Å². The van der Waals surface area contributed by atoms with Gasteiger partial charge in [-0.25, -0.2) is 8.78 Å². The van der Waals surface area contributed by atoms with Crippen LogP contribution in [0.25, 0.3) is 0 Å². The Morgan fingerprint density at radius 2 is 2.00 bits per heavy atom. The molecular weight excluding hydrogens is 465 g/mol. The maximum absolute atomic E-state index is 14.5. The number of likely N-dealkylation sites (tertiary alicyclic amines) is 1. The maximum atomic E-state index is 14.5. The molecule has 2 fully saturated rings. The molecule has 2 aromatic carbocycles. The van der Waals surface area contributed by atoms with Crippen LogP contribution in [0.4, 0.5) is 22.0 Å². The van der Waals surface area contributed by atoms with Crippen molar-refractivity contribution in [3.05, 3.63) is 59.2 Å². The molecule has 2 aliphatic heterocycles. The topological polar surface area (TPSA) is 57.2 Å². The molecule has 11 heteroatoms. The summed E-state index contributed by atoms with van der Waals surface area (Å²) >= 11 is 0. The van der Waals surface area contributed by atoms with Crippen molar-refractivity contribution in [3.8, 4) is 11.5 Å². The molecule has 0 N–H and O–H groups in total. The third kappa shape index (κ3) is 4.67. The first kappa shape index (κ1) is 24.2. The largest absolute Gasteiger partial charge is 0.493 e. The normalized spacial score (nSPS) is 22.4. The van der Waals surface area contributed by atoms with Crippen molar-refractivity contribution in [2.24, 2.45) is 0 Å². The molecule has 0 radical (unpaired) electrons. The summed E-state index contributed by atoms with van der Waals surface area (Å²) in [4.78, 5) is 14.6. The summed E-state index contributed by atoms with van der Waals surface area (Å²) in [5.74, 6) is -2.20. The van der Waals surface area contributed by atoms with Crippen LogP contribution in [0.2, 0.25) is 0 Å². The first-order valence-electron chi connectivity index (χ1n) is 10.5. The number of fused-ring (bicyclic) bond motifs is 1. The number of amides is 1. The second kappa shape index (κ2) is 9.38. The molecule has 34 heavy (non-hydrogen) atoms. The highest BCUT2D eigenvalue weighted by Gasteiger charge is 2.52. The summed E-state index contributed by atoms with van der Waals surface area (Å²) in [6.45, 7) is -0.459. The van der Waals surface area contributed by atoms with Crippen molar-refractivity contribution < 1.29 is 45.7 Å². The highest BCUT2D eigenvalue weighted by atomic mass is 19.4. The van der Waals surface area contributed by atoms with Crippen molar-refractivity contribution in [2.45, 2.75) is 30.7 Å². The number of hydrogen-bond acceptors (Lipinski definition) is 5. The van der Waals surface area contributed by atoms with E-state index in [0.717, 1.165) is 6.07 Å². The fraction of sp³-hybridized carbons (Fsp3) is 0.435. The molecular formula is C23H22F5NO5. The predicted octanol–water partition coefficient (Wildman–Crippen LogP) is 4.42. The minimum atomic E-state index is -4.35. The lowest BCUT2D eigenvalue weighted by Crippen LogP contribution is -2.54. The Morgan fingerprint density at radius 1 is 1.21 bits per heavy atom. The van der Waals surface area contributed by atoms with Gasteiger partial charge < -0.3 is 23.8 Å². The van der Waals surface area contributed by atoms with Gasteiger partial charge in [0.15, 0.2) is 23.1 Å². The number of rotatable bonds is 6. The van der Waals surface area contributed by atoms with Gasteiger partial charge in [-0.15, -0.1) is 0 Å². The van der Waals surface area contributed by atoms with Gasteiger partial charge in [-0.3, -0.25) is 4.79 Å². The van der Waals surface area contributed by atoms with Crippen LogP contribution in [0.3, 0.4) is 0 Å².